The zero-order valence-corrected chi connectivity index (χ0v) is 14.3. The second kappa shape index (κ2) is 6.64. The van der Waals surface area contributed by atoms with E-state index < -0.39 is 5.91 Å². The Morgan fingerprint density at radius 1 is 1.00 bits per heavy atom. The summed E-state index contributed by atoms with van der Waals surface area (Å²) in [6, 6.07) is 21.6. The van der Waals surface area contributed by atoms with Crippen LogP contribution < -0.4 is 11.1 Å². The van der Waals surface area contributed by atoms with E-state index in [9.17, 15) is 9.59 Å². The van der Waals surface area contributed by atoms with Gasteiger partial charge in [0.05, 0.1) is 0 Å². The summed E-state index contributed by atoms with van der Waals surface area (Å²) >= 11 is 0. The van der Waals surface area contributed by atoms with Gasteiger partial charge in [0, 0.05) is 18.0 Å². The highest BCUT2D eigenvalue weighted by Crippen LogP contribution is 2.49. The van der Waals surface area contributed by atoms with Crippen LogP contribution in [-0.4, -0.2) is 11.8 Å². The molecule has 26 heavy (non-hydrogen) atoms. The molecule has 1 aliphatic rings. The third-order valence-corrected chi connectivity index (χ3v) is 5.03. The Morgan fingerprint density at radius 2 is 1.77 bits per heavy atom. The fraction of sp³-hybridized carbons (Fsp3) is 0.182. The average Bonchev–Trinajstić information content (AvgIpc) is 3.46. The monoisotopic (exact) mass is 344 g/mol. The fourth-order valence-corrected chi connectivity index (χ4v) is 3.56. The first-order chi connectivity index (χ1) is 12.6. The molecule has 0 unspecified atom stereocenters. The zero-order valence-electron chi connectivity index (χ0n) is 14.3. The third kappa shape index (κ3) is 3.18. The van der Waals surface area contributed by atoms with E-state index in [0.717, 1.165) is 12.0 Å². The van der Waals surface area contributed by atoms with E-state index in [0.29, 0.717) is 12.1 Å². The van der Waals surface area contributed by atoms with Crippen LogP contribution in [0.5, 0.6) is 0 Å². The Bertz CT molecular complexity index is 991. The maximum absolute atomic E-state index is 12.5. The Kier molecular flexibility index (Phi) is 4.17. The molecule has 1 aliphatic carbocycles. The molecule has 1 saturated carbocycles. The van der Waals surface area contributed by atoms with Gasteiger partial charge in [0.2, 0.25) is 11.8 Å². The lowest BCUT2D eigenvalue weighted by Crippen LogP contribution is -2.25. The molecular weight excluding hydrogens is 324 g/mol. The Labute approximate surface area is 152 Å². The van der Waals surface area contributed by atoms with Gasteiger partial charge in [0.1, 0.15) is 0 Å². The van der Waals surface area contributed by atoms with Crippen LogP contribution in [0.3, 0.4) is 0 Å². The largest absolute Gasteiger partial charge is 0.366 e. The van der Waals surface area contributed by atoms with Crippen LogP contribution in [0.4, 0.5) is 0 Å². The molecule has 0 spiro atoms. The van der Waals surface area contributed by atoms with Crippen LogP contribution in [-0.2, 0) is 11.3 Å². The van der Waals surface area contributed by atoms with E-state index in [1.54, 1.807) is 18.2 Å². The van der Waals surface area contributed by atoms with Crippen LogP contribution in [0.1, 0.15) is 33.8 Å². The lowest BCUT2D eigenvalue weighted by molar-refractivity contribution is -0.122. The van der Waals surface area contributed by atoms with Gasteiger partial charge in [-0.1, -0.05) is 54.6 Å². The van der Waals surface area contributed by atoms with Crippen LogP contribution in [0.25, 0.3) is 10.8 Å². The van der Waals surface area contributed by atoms with Crippen molar-refractivity contribution in [1.29, 1.82) is 0 Å². The number of fused-ring (bicyclic) bond motifs is 1. The quantitative estimate of drug-likeness (QED) is 0.745. The second-order valence-corrected chi connectivity index (χ2v) is 6.80. The van der Waals surface area contributed by atoms with Gasteiger partial charge < -0.3 is 11.1 Å². The van der Waals surface area contributed by atoms with E-state index in [1.807, 2.05) is 18.2 Å². The van der Waals surface area contributed by atoms with Gasteiger partial charge in [-0.3, -0.25) is 9.59 Å². The van der Waals surface area contributed by atoms with Crippen molar-refractivity contribution < 1.29 is 9.59 Å². The molecule has 1 fully saturated rings. The number of hydrogen-bond donors (Lipinski definition) is 2. The normalized spacial score (nSPS) is 18.5. The number of nitrogens with two attached hydrogens (primary N) is 1. The van der Waals surface area contributed by atoms with Crippen molar-refractivity contribution in [2.24, 2.45) is 11.7 Å². The van der Waals surface area contributed by atoms with Crippen LogP contribution in [0.15, 0.2) is 66.7 Å². The van der Waals surface area contributed by atoms with Crippen LogP contribution in [0, 0.1) is 5.92 Å². The van der Waals surface area contributed by atoms with E-state index in [-0.39, 0.29) is 17.7 Å². The van der Waals surface area contributed by atoms with Crippen molar-refractivity contribution in [3.05, 3.63) is 83.4 Å². The Morgan fingerprint density at radius 3 is 2.62 bits per heavy atom. The molecule has 4 rings (SSSR count). The van der Waals surface area contributed by atoms with Crippen molar-refractivity contribution in [2.75, 3.05) is 0 Å². The van der Waals surface area contributed by atoms with Crippen molar-refractivity contribution in [2.45, 2.75) is 18.9 Å². The minimum atomic E-state index is -0.462. The summed E-state index contributed by atoms with van der Waals surface area (Å²) in [4.78, 5) is 23.8. The first kappa shape index (κ1) is 16.3. The first-order valence-electron chi connectivity index (χ1n) is 8.77. The fourth-order valence-electron chi connectivity index (χ4n) is 3.56. The van der Waals surface area contributed by atoms with Gasteiger partial charge in [0.25, 0.3) is 0 Å². The highest BCUT2D eigenvalue weighted by atomic mass is 16.2. The molecule has 0 saturated heterocycles. The summed E-state index contributed by atoms with van der Waals surface area (Å²) in [5.41, 5.74) is 7.88. The first-order valence-corrected chi connectivity index (χ1v) is 8.77. The molecule has 0 bridgehead atoms. The number of primary amides is 1. The molecule has 0 aromatic heterocycles. The summed E-state index contributed by atoms with van der Waals surface area (Å²) < 4.78 is 0. The number of carbonyl (C=O) groups excluding carboxylic acids is 2. The van der Waals surface area contributed by atoms with Crippen molar-refractivity contribution in [3.8, 4) is 0 Å². The third-order valence-electron chi connectivity index (χ3n) is 5.03. The summed E-state index contributed by atoms with van der Waals surface area (Å²) in [5.74, 6) is -0.109. The van der Waals surface area contributed by atoms with Gasteiger partial charge in [0.15, 0.2) is 0 Å². The molecule has 3 aromatic rings. The molecular formula is C22H20N2O2. The van der Waals surface area contributed by atoms with Gasteiger partial charge in [-0.05, 0) is 46.4 Å². The number of carbonyl (C=O) groups is 2. The minimum absolute atomic E-state index is 0.0140. The number of rotatable bonds is 5. The number of hydrogen-bond acceptors (Lipinski definition) is 2. The van der Waals surface area contributed by atoms with Gasteiger partial charge in [-0.15, -0.1) is 0 Å². The lowest BCUT2D eigenvalue weighted by Gasteiger charge is -2.08. The number of amides is 2. The SMILES string of the molecule is NC(=O)c1cccc(CNC(=O)[C@@H]2C[C@H]2c2cccc3ccccc23)c1. The summed E-state index contributed by atoms with van der Waals surface area (Å²) in [6.45, 7) is 0.401. The van der Waals surface area contributed by atoms with Crippen molar-refractivity contribution in [1.82, 2.24) is 5.32 Å². The predicted octanol–water partition coefficient (Wildman–Crippen LogP) is 3.36. The minimum Gasteiger partial charge on any atom is -0.366 e. The van der Waals surface area contributed by atoms with E-state index in [2.05, 4.69) is 35.6 Å². The zero-order chi connectivity index (χ0) is 18.1. The van der Waals surface area contributed by atoms with Crippen molar-refractivity contribution in [3.63, 3.8) is 0 Å². The molecule has 0 heterocycles. The molecule has 0 aliphatic heterocycles. The molecule has 2 atom stereocenters. The smallest absolute Gasteiger partial charge is 0.248 e. The molecule has 3 N–H and O–H groups in total. The highest BCUT2D eigenvalue weighted by Gasteiger charge is 2.44. The molecule has 4 nitrogen and oxygen atoms in total. The van der Waals surface area contributed by atoms with Gasteiger partial charge in [-0.2, -0.15) is 0 Å². The lowest BCUT2D eigenvalue weighted by atomic mass is 10.00. The summed E-state index contributed by atoms with van der Waals surface area (Å²) in [6.07, 6.45) is 0.876. The molecule has 2 amide bonds. The molecule has 0 radical (unpaired) electrons. The molecule has 4 heteroatoms. The topological polar surface area (TPSA) is 72.2 Å². The Hall–Kier alpha value is -3.14. The Balaban J connectivity index is 1.43. The van der Waals surface area contributed by atoms with E-state index in [4.69, 9.17) is 5.73 Å². The van der Waals surface area contributed by atoms with E-state index >= 15 is 0 Å². The van der Waals surface area contributed by atoms with Gasteiger partial charge in [-0.25, -0.2) is 0 Å². The predicted molar refractivity (Wildman–Crippen MR) is 102 cm³/mol. The highest BCUT2D eigenvalue weighted by molar-refractivity contribution is 5.93. The van der Waals surface area contributed by atoms with Crippen molar-refractivity contribution >= 4 is 22.6 Å². The van der Waals surface area contributed by atoms with Gasteiger partial charge >= 0.3 is 0 Å². The number of benzene rings is 3. The average molecular weight is 344 g/mol. The summed E-state index contributed by atoms with van der Waals surface area (Å²) in [7, 11) is 0. The van der Waals surface area contributed by atoms with Crippen LogP contribution >= 0.6 is 0 Å². The molecule has 3 aromatic carbocycles. The second-order valence-electron chi connectivity index (χ2n) is 6.80. The number of nitrogens with one attached hydrogen (secondary N) is 1. The molecule has 130 valence electrons. The standard InChI is InChI=1S/C22H20N2O2/c23-21(25)16-8-3-5-14(11-16)13-24-22(26)20-12-19(20)18-10-4-7-15-6-1-2-9-17(15)18/h1-11,19-20H,12-13H2,(H2,23,25)(H,24,26)/t19-,20+/m0/s1. The summed E-state index contributed by atoms with van der Waals surface area (Å²) in [5, 5.41) is 5.42. The maximum atomic E-state index is 12.5. The maximum Gasteiger partial charge on any atom is 0.248 e. The van der Waals surface area contributed by atoms with Crippen LogP contribution in [0.2, 0.25) is 0 Å². The van der Waals surface area contributed by atoms with E-state index in [1.165, 1.54) is 16.3 Å².